The van der Waals surface area contributed by atoms with E-state index in [0.29, 0.717) is 5.75 Å². The van der Waals surface area contributed by atoms with E-state index in [0.717, 1.165) is 42.5 Å². The summed E-state index contributed by atoms with van der Waals surface area (Å²) in [6.45, 7) is 6.48. The quantitative estimate of drug-likeness (QED) is 0.882. The smallest absolute Gasteiger partial charge is 0.169 e. The van der Waals surface area contributed by atoms with Gasteiger partial charge in [-0.1, -0.05) is 13.0 Å². The fourth-order valence-corrected chi connectivity index (χ4v) is 5.21. The summed E-state index contributed by atoms with van der Waals surface area (Å²) < 4.78 is 23.9. The SMILES string of the molecule is CCNCc1ccc(N2CCSCC2S(C)(=O)=O)nc1C. The maximum atomic E-state index is 12.0. The van der Waals surface area contributed by atoms with E-state index in [-0.39, 0.29) is 0 Å². The third-order valence-electron chi connectivity index (χ3n) is 3.62. The standard InChI is InChI=1S/C14H23N3O2S2/c1-4-15-9-12-5-6-13(16-11(12)2)17-7-8-20-10-14(17)21(3,18)19/h5-6,14-15H,4,7-10H2,1-3H3. The van der Waals surface area contributed by atoms with Crippen molar-refractivity contribution in [1.29, 1.82) is 0 Å². The van der Waals surface area contributed by atoms with Crippen LogP contribution in [0.4, 0.5) is 5.82 Å². The van der Waals surface area contributed by atoms with Crippen LogP contribution in [0.15, 0.2) is 12.1 Å². The molecule has 0 radical (unpaired) electrons. The number of rotatable bonds is 5. The summed E-state index contributed by atoms with van der Waals surface area (Å²) in [5, 5.41) is 2.81. The molecule has 2 rings (SSSR count). The largest absolute Gasteiger partial charge is 0.338 e. The Bertz CT molecular complexity index is 590. The van der Waals surface area contributed by atoms with E-state index in [1.807, 2.05) is 24.0 Å². The van der Waals surface area contributed by atoms with Crippen LogP contribution in [-0.4, -0.2) is 49.6 Å². The molecule has 1 aliphatic heterocycles. The summed E-state index contributed by atoms with van der Waals surface area (Å²) in [5.74, 6) is 2.31. The lowest BCUT2D eigenvalue weighted by atomic mass is 10.2. The van der Waals surface area contributed by atoms with Crippen LogP contribution >= 0.6 is 11.8 Å². The molecule has 0 bridgehead atoms. The lowest BCUT2D eigenvalue weighted by Gasteiger charge is -2.35. The minimum atomic E-state index is -3.11. The van der Waals surface area contributed by atoms with E-state index in [1.165, 1.54) is 6.26 Å². The summed E-state index contributed by atoms with van der Waals surface area (Å²) in [6.07, 6.45) is 1.31. The Hall–Kier alpha value is -0.790. The van der Waals surface area contributed by atoms with Gasteiger partial charge in [-0.15, -0.1) is 0 Å². The molecule has 1 N–H and O–H groups in total. The van der Waals surface area contributed by atoms with Crippen molar-refractivity contribution < 1.29 is 8.42 Å². The van der Waals surface area contributed by atoms with Gasteiger partial charge in [0.25, 0.3) is 0 Å². The van der Waals surface area contributed by atoms with Gasteiger partial charge in [0.1, 0.15) is 11.2 Å². The minimum Gasteiger partial charge on any atom is -0.338 e. The maximum Gasteiger partial charge on any atom is 0.169 e. The Balaban J connectivity index is 2.25. The molecule has 0 aliphatic carbocycles. The number of hydrogen-bond donors (Lipinski definition) is 1. The van der Waals surface area contributed by atoms with E-state index in [4.69, 9.17) is 0 Å². The first-order valence-corrected chi connectivity index (χ1v) is 10.2. The molecule has 0 amide bonds. The summed E-state index contributed by atoms with van der Waals surface area (Å²) in [4.78, 5) is 6.55. The molecule has 0 saturated carbocycles. The average molecular weight is 329 g/mol. The van der Waals surface area contributed by atoms with E-state index < -0.39 is 15.2 Å². The molecule has 1 atom stereocenters. The maximum absolute atomic E-state index is 12.0. The zero-order valence-electron chi connectivity index (χ0n) is 12.8. The van der Waals surface area contributed by atoms with Gasteiger partial charge in [-0.05, 0) is 25.1 Å². The molecule has 118 valence electrons. The first-order chi connectivity index (χ1) is 9.93. The zero-order chi connectivity index (χ0) is 15.5. The number of anilines is 1. The predicted octanol–water partition coefficient (Wildman–Crippen LogP) is 1.42. The lowest BCUT2D eigenvalue weighted by Crippen LogP contribution is -2.47. The second kappa shape index (κ2) is 6.98. The van der Waals surface area contributed by atoms with Crippen molar-refractivity contribution in [2.45, 2.75) is 25.8 Å². The predicted molar refractivity (Wildman–Crippen MR) is 89.7 cm³/mol. The zero-order valence-corrected chi connectivity index (χ0v) is 14.4. The molecule has 2 heterocycles. The number of sulfone groups is 1. The lowest BCUT2D eigenvalue weighted by molar-refractivity contribution is 0.583. The molecule has 1 saturated heterocycles. The van der Waals surface area contributed by atoms with Gasteiger partial charge in [0, 0.05) is 36.5 Å². The monoisotopic (exact) mass is 329 g/mol. The fraction of sp³-hybridized carbons (Fsp3) is 0.643. The van der Waals surface area contributed by atoms with Crippen LogP contribution in [0, 0.1) is 6.92 Å². The van der Waals surface area contributed by atoms with Gasteiger partial charge in [0.05, 0.1) is 0 Å². The van der Waals surface area contributed by atoms with Gasteiger partial charge in [-0.25, -0.2) is 13.4 Å². The average Bonchev–Trinajstić information content (AvgIpc) is 2.45. The Morgan fingerprint density at radius 1 is 1.48 bits per heavy atom. The number of thioether (sulfide) groups is 1. The highest BCUT2D eigenvalue weighted by Gasteiger charge is 2.31. The molecule has 0 spiro atoms. The third-order valence-corrected chi connectivity index (χ3v) is 6.26. The Morgan fingerprint density at radius 3 is 2.86 bits per heavy atom. The minimum absolute atomic E-state index is 0.470. The van der Waals surface area contributed by atoms with Crippen LogP contribution in [0.1, 0.15) is 18.2 Å². The van der Waals surface area contributed by atoms with Crippen LogP contribution in [0.25, 0.3) is 0 Å². The highest BCUT2D eigenvalue weighted by molar-refractivity contribution is 8.01. The summed E-state index contributed by atoms with van der Waals surface area (Å²) in [6, 6.07) is 3.98. The van der Waals surface area contributed by atoms with Gasteiger partial charge in [0.2, 0.25) is 0 Å². The van der Waals surface area contributed by atoms with Gasteiger partial charge in [-0.3, -0.25) is 0 Å². The van der Waals surface area contributed by atoms with Crippen LogP contribution in [-0.2, 0) is 16.4 Å². The molecule has 0 aromatic carbocycles. The number of pyridine rings is 1. The van der Waals surface area contributed by atoms with Crippen LogP contribution < -0.4 is 10.2 Å². The fourth-order valence-electron chi connectivity index (χ4n) is 2.38. The van der Waals surface area contributed by atoms with Gasteiger partial charge < -0.3 is 10.2 Å². The summed E-state index contributed by atoms with van der Waals surface area (Å²) in [5.41, 5.74) is 2.11. The number of nitrogens with one attached hydrogen (secondary N) is 1. The van der Waals surface area contributed by atoms with Crippen LogP contribution in [0.5, 0.6) is 0 Å². The van der Waals surface area contributed by atoms with E-state index in [9.17, 15) is 8.42 Å². The van der Waals surface area contributed by atoms with Crippen molar-refractivity contribution in [2.24, 2.45) is 0 Å². The first-order valence-electron chi connectivity index (χ1n) is 7.14. The van der Waals surface area contributed by atoms with Crippen molar-refractivity contribution in [1.82, 2.24) is 10.3 Å². The Labute approximate surface area is 131 Å². The number of hydrogen-bond acceptors (Lipinski definition) is 6. The Kier molecular flexibility index (Phi) is 5.51. The molecule has 7 heteroatoms. The second-order valence-electron chi connectivity index (χ2n) is 5.25. The molecule has 1 aromatic rings. The van der Waals surface area contributed by atoms with Gasteiger partial charge >= 0.3 is 0 Å². The molecule has 5 nitrogen and oxygen atoms in total. The van der Waals surface area contributed by atoms with Crippen molar-refractivity contribution in [2.75, 3.05) is 35.8 Å². The Morgan fingerprint density at radius 2 is 2.24 bits per heavy atom. The third kappa shape index (κ3) is 4.11. The van der Waals surface area contributed by atoms with Crippen molar-refractivity contribution in [3.8, 4) is 0 Å². The molecule has 1 unspecified atom stereocenters. The highest BCUT2D eigenvalue weighted by atomic mass is 32.2. The first kappa shape index (κ1) is 16.6. The number of aromatic nitrogens is 1. The number of aryl methyl sites for hydroxylation is 1. The van der Waals surface area contributed by atoms with Crippen LogP contribution in [0.3, 0.4) is 0 Å². The molecule has 1 fully saturated rings. The van der Waals surface area contributed by atoms with E-state index in [1.54, 1.807) is 11.8 Å². The summed E-state index contributed by atoms with van der Waals surface area (Å²) >= 11 is 1.69. The normalized spacial score (nSPS) is 19.8. The van der Waals surface area contributed by atoms with Crippen molar-refractivity contribution in [3.63, 3.8) is 0 Å². The second-order valence-corrected chi connectivity index (χ2v) is 8.60. The van der Waals surface area contributed by atoms with Gasteiger partial charge in [0.15, 0.2) is 9.84 Å². The van der Waals surface area contributed by atoms with Crippen LogP contribution in [0.2, 0.25) is 0 Å². The molecule has 1 aliphatic rings. The van der Waals surface area contributed by atoms with Crippen molar-refractivity contribution in [3.05, 3.63) is 23.4 Å². The molecular weight excluding hydrogens is 306 g/mol. The van der Waals surface area contributed by atoms with E-state index in [2.05, 4.69) is 17.2 Å². The van der Waals surface area contributed by atoms with E-state index >= 15 is 0 Å². The molecular formula is C14H23N3O2S2. The molecule has 21 heavy (non-hydrogen) atoms. The van der Waals surface area contributed by atoms with Gasteiger partial charge in [-0.2, -0.15) is 11.8 Å². The highest BCUT2D eigenvalue weighted by Crippen LogP contribution is 2.26. The molecule has 1 aromatic heterocycles. The van der Waals surface area contributed by atoms with Crippen molar-refractivity contribution >= 4 is 27.4 Å². The summed E-state index contributed by atoms with van der Waals surface area (Å²) in [7, 11) is -3.11. The topological polar surface area (TPSA) is 62.3 Å². The number of nitrogens with zero attached hydrogens (tertiary/aromatic N) is 2.